The Morgan fingerprint density at radius 1 is 0.478 bits per heavy atom. The molecule has 226 valence electrons. The Labute approximate surface area is 273 Å². The van der Waals surface area contributed by atoms with Crippen molar-refractivity contribution in [1.29, 1.82) is 0 Å². The van der Waals surface area contributed by atoms with Gasteiger partial charge in [0.2, 0.25) is 8.38 Å². The molecule has 0 fully saturated rings. The van der Waals surface area contributed by atoms with Crippen LogP contribution in [-0.4, -0.2) is 0 Å². The molecule has 1 unspecified atom stereocenters. The first-order valence-electron chi connectivity index (χ1n) is 15.8. The standard InChI is InChI=1S/C41H34O3P2/c1-6-18-35(30(13-1)25-42-45-27-32-15-3-8-20-37(32)38-21-9-4-16-33(38)28-45)39-22-10-5-17-34(39)29-46-43-26-31-14-2-7-19-36(31)40-23-11-12-24-41(40)44-46/h1-24H,25-29H2. The highest BCUT2D eigenvalue weighted by atomic mass is 31.2. The molecule has 5 heteroatoms. The van der Waals surface area contributed by atoms with Crippen LogP contribution in [-0.2, 0) is 40.7 Å². The fraction of sp³-hybridized carbons (Fsp3) is 0.122. The van der Waals surface area contributed by atoms with Crippen molar-refractivity contribution in [2.75, 3.05) is 0 Å². The summed E-state index contributed by atoms with van der Waals surface area (Å²) in [7, 11) is -1.90. The Morgan fingerprint density at radius 2 is 0.957 bits per heavy atom. The molecule has 0 bridgehead atoms. The lowest BCUT2D eigenvalue weighted by Crippen LogP contribution is -2.04. The quantitative estimate of drug-likeness (QED) is 0.170. The van der Waals surface area contributed by atoms with Gasteiger partial charge >= 0.3 is 0 Å². The van der Waals surface area contributed by atoms with E-state index >= 15 is 0 Å². The summed E-state index contributed by atoms with van der Waals surface area (Å²) in [5, 5.41) is 0. The Kier molecular flexibility index (Phi) is 8.49. The first-order valence-corrected chi connectivity index (χ1v) is 18.8. The lowest BCUT2D eigenvalue weighted by atomic mass is 9.96. The van der Waals surface area contributed by atoms with Gasteiger partial charge < -0.3 is 13.6 Å². The number of hydrogen-bond acceptors (Lipinski definition) is 3. The maximum Gasteiger partial charge on any atom is 0.235 e. The van der Waals surface area contributed by atoms with Crippen molar-refractivity contribution in [1.82, 2.24) is 0 Å². The molecule has 6 aromatic rings. The van der Waals surface area contributed by atoms with Gasteiger partial charge in [-0.2, -0.15) is 0 Å². The van der Waals surface area contributed by atoms with Gasteiger partial charge in [0.1, 0.15) is 5.75 Å². The van der Waals surface area contributed by atoms with Crippen LogP contribution in [0.5, 0.6) is 5.75 Å². The van der Waals surface area contributed by atoms with E-state index < -0.39 is 16.5 Å². The second-order valence-electron chi connectivity index (χ2n) is 11.7. The van der Waals surface area contributed by atoms with Gasteiger partial charge in [0.05, 0.1) is 19.4 Å². The molecular formula is C41H34O3P2. The average Bonchev–Trinajstić information content (AvgIpc) is 3.26. The van der Waals surface area contributed by atoms with Crippen molar-refractivity contribution in [3.05, 3.63) is 173 Å². The van der Waals surface area contributed by atoms with E-state index in [2.05, 4.69) is 140 Å². The molecule has 46 heavy (non-hydrogen) atoms. The predicted molar refractivity (Wildman–Crippen MR) is 191 cm³/mol. The topological polar surface area (TPSA) is 27.7 Å². The van der Waals surface area contributed by atoms with Crippen LogP contribution in [0.3, 0.4) is 0 Å². The van der Waals surface area contributed by atoms with E-state index in [1.54, 1.807) is 0 Å². The van der Waals surface area contributed by atoms with Crippen molar-refractivity contribution in [3.8, 4) is 39.1 Å². The zero-order valence-corrected chi connectivity index (χ0v) is 27.3. The van der Waals surface area contributed by atoms with Gasteiger partial charge in [-0.05, 0) is 61.7 Å². The van der Waals surface area contributed by atoms with Crippen molar-refractivity contribution >= 4 is 16.5 Å². The molecule has 0 N–H and O–H groups in total. The van der Waals surface area contributed by atoms with Gasteiger partial charge in [0.15, 0.2) is 0 Å². The van der Waals surface area contributed by atoms with E-state index in [1.165, 1.54) is 55.6 Å². The van der Waals surface area contributed by atoms with Crippen LogP contribution in [0.25, 0.3) is 33.4 Å². The van der Waals surface area contributed by atoms with E-state index in [-0.39, 0.29) is 0 Å². The minimum atomic E-state index is -1.22. The number of rotatable bonds is 6. The molecule has 1 atom stereocenters. The summed E-state index contributed by atoms with van der Waals surface area (Å²) >= 11 is 0. The summed E-state index contributed by atoms with van der Waals surface area (Å²) in [6.45, 7) is 1.10. The minimum absolute atomic E-state index is 0.526. The maximum atomic E-state index is 6.84. The lowest BCUT2D eigenvalue weighted by molar-refractivity contribution is 0.301. The lowest BCUT2D eigenvalue weighted by Gasteiger charge is -2.25. The van der Waals surface area contributed by atoms with Gasteiger partial charge in [0, 0.05) is 26.0 Å². The van der Waals surface area contributed by atoms with Crippen LogP contribution >= 0.6 is 16.5 Å². The SMILES string of the molecule is c1ccc(-c2ccccc2CP2OCc3ccccc3-c3ccccc3O2)c(COP2Cc3ccccc3-c3ccccc3C2)c1. The molecule has 0 saturated carbocycles. The maximum absolute atomic E-state index is 6.84. The van der Waals surface area contributed by atoms with E-state index in [1.807, 2.05) is 6.07 Å². The Balaban J connectivity index is 1.05. The highest BCUT2D eigenvalue weighted by molar-refractivity contribution is 7.50. The largest absolute Gasteiger partial charge is 0.446 e. The molecule has 0 saturated heterocycles. The van der Waals surface area contributed by atoms with Gasteiger partial charge in [-0.25, -0.2) is 0 Å². The molecular weight excluding hydrogens is 602 g/mol. The Bertz CT molecular complexity index is 1960. The summed E-state index contributed by atoms with van der Waals surface area (Å²) in [5.41, 5.74) is 13.7. The monoisotopic (exact) mass is 636 g/mol. The third-order valence-electron chi connectivity index (χ3n) is 8.80. The van der Waals surface area contributed by atoms with Crippen LogP contribution in [0.15, 0.2) is 146 Å². The second kappa shape index (κ2) is 13.3. The fourth-order valence-corrected chi connectivity index (χ4v) is 9.88. The Morgan fingerprint density at radius 3 is 1.63 bits per heavy atom. The third kappa shape index (κ3) is 6.05. The number of hydrogen-bond donors (Lipinski definition) is 0. The molecule has 0 radical (unpaired) electrons. The predicted octanol–water partition coefficient (Wildman–Crippen LogP) is 11.7. The molecule has 0 aliphatic carbocycles. The van der Waals surface area contributed by atoms with E-state index in [0.717, 1.165) is 23.6 Å². The van der Waals surface area contributed by atoms with E-state index in [0.29, 0.717) is 19.4 Å². The third-order valence-corrected chi connectivity index (χ3v) is 12.1. The van der Waals surface area contributed by atoms with Crippen LogP contribution < -0.4 is 4.52 Å². The van der Waals surface area contributed by atoms with Crippen molar-refractivity contribution < 1.29 is 13.6 Å². The number of fused-ring (bicyclic) bond motifs is 6. The normalized spacial score (nSPS) is 15.6. The van der Waals surface area contributed by atoms with E-state index in [4.69, 9.17) is 13.6 Å². The van der Waals surface area contributed by atoms with Gasteiger partial charge in [-0.3, -0.25) is 0 Å². The van der Waals surface area contributed by atoms with Crippen molar-refractivity contribution in [2.24, 2.45) is 0 Å². The fourth-order valence-electron chi connectivity index (χ4n) is 6.53. The van der Waals surface area contributed by atoms with Crippen LogP contribution in [0.1, 0.15) is 27.8 Å². The summed E-state index contributed by atoms with van der Waals surface area (Å²) in [6.07, 6.45) is 2.61. The zero-order chi connectivity index (χ0) is 30.7. The van der Waals surface area contributed by atoms with Crippen molar-refractivity contribution in [2.45, 2.75) is 31.7 Å². The number of benzene rings is 6. The molecule has 6 aromatic carbocycles. The molecule has 2 heterocycles. The first kappa shape index (κ1) is 29.3. The Hall–Kier alpha value is -4.10. The van der Waals surface area contributed by atoms with Crippen molar-refractivity contribution in [3.63, 3.8) is 0 Å². The summed E-state index contributed by atoms with van der Waals surface area (Å²) in [4.78, 5) is 0. The zero-order valence-electron chi connectivity index (χ0n) is 25.5. The van der Waals surface area contributed by atoms with E-state index in [9.17, 15) is 0 Å². The molecule has 0 aromatic heterocycles. The second-order valence-corrected chi connectivity index (χ2v) is 15.0. The van der Waals surface area contributed by atoms with Crippen LogP contribution in [0, 0.1) is 0 Å². The van der Waals surface area contributed by atoms with Crippen LogP contribution in [0.4, 0.5) is 0 Å². The molecule has 0 amide bonds. The summed E-state index contributed by atoms with van der Waals surface area (Å²) in [5.74, 6) is 0.876. The minimum Gasteiger partial charge on any atom is -0.446 e. The summed E-state index contributed by atoms with van der Waals surface area (Å²) in [6, 6.07) is 51.7. The van der Waals surface area contributed by atoms with Crippen LogP contribution in [0.2, 0.25) is 0 Å². The highest BCUT2D eigenvalue weighted by Crippen LogP contribution is 2.52. The number of para-hydroxylation sites is 1. The van der Waals surface area contributed by atoms with Gasteiger partial charge in [0.25, 0.3) is 0 Å². The van der Waals surface area contributed by atoms with Gasteiger partial charge in [-0.15, -0.1) is 0 Å². The van der Waals surface area contributed by atoms with Gasteiger partial charge in [-0.1, -0.05) is 140 Å². The molecule has 2 aliphatic heterocycles. The highest BCUT2D eigenvalue weighted by Gasteiger charge is 2.24. The average molecular weight is 637 g/mol. The smallest absolute Gasteiger partial charge is 0.235 e. The molecule has 8 rings (SSSR count). The molecule has 2 aliphatic rings. The molecule has 3 nitrogen and oxygen atoms in total. The molecule has 0 spiro atoms. The first-order chi connectivity index (χ1) is 22.8. The summed E-state index contributed by atoms with van der Waals surface area (Å²) < 4.78 is 20.0.